The van der Waals surface area contributed by atoms with Gasteiger partial charge in [0, 0.05) is 23.4 Å². The first kappa shape index (κ1) is 16.1. The average Bonchev–Trinajstić information content (AvgIpc) is 3.00. The van der Waals surface area contributed by atoms with Crippen LogP contribution in [0.2, 0.25) is 0 Å². The molecule has 1 aliphatic rings. The van der Waals surface area contributed by atoms with E-state index in [4.69, 9.17) is 0 Å². The highest BCUT2D eigenvalue weighted by Crippen LogP contribution is 2.25. The number of carbonyl (C=O) groups is 3. The van der Waals surface area contributed by atoms with Gasteiger partial charge in [0.1, 0.15) is 0 Å². The molecule has 1 saturated heterocycles. The number of amides is 4. The number of nitrogens with zero attached hydrogens (tertiary/aromatic N) is 1. The summed E-state index contributed by atoms with van der Waals surface area (Å²) in [6, 6.07) is 8.72. The maximum absolute atomic E-state index is 12.2. The third-order valence-electron chi connectivity index (χ3n) is 3.76. The van der Waals surface area contributed by atoms with Crippen LogP contribution >= 0.6 is 11.3 Å². The highest BCUT2D eigenvalue weighted by Gasteiger charge is 2.34. The molecule has 1 aliphatic heterocycles. The predicted octanol–water partition coefficient (Wildman–Crippen LogP) is 1.98. The number of hydrogen-bond donors (Lipinski definition) is 3. The van der Waals surface area contributed by atoms with Gasteiger partial charge >= 0.3 is 6.03 Å². The molecule has 2 heterocycles. The second kappa shape index (κ2) is 6.79. The van der Waals surface area contributed by atoms with Gasteiger partial charge in [-0.1, -0.05) is 30.3 Å². The SMILES string of the molecule is CC1NC(=O)NC(=O)C1CC(=O)Nc1nc(-c2ccccc2)cs1. The lowest BCUT2D eigenvalue weighted by molar-refractivity contribution is -0.129. The lowest BCUT2D eigenvalue weighted by Crippen LogP contribution is -2.57. The number of rotatable bonds is 4. The summed E-state index contributed by atoms with van der Waals surface area (Å²) >= 11 is 1.32. The lowest BCUT2D eigenvalue weighted by Gasteiger charge is -2.28. The van der Waals surface area contributed by atoms with Crippen LogP contribution in [-0.4, -0.2) is 28.9 Å². The molecule has 2 unspecified atom stereocenters. The summed E-state index contributed by atoms with van der Waals surface area (Å²) in [6.07, 6.45) is -0.0203. The molecule has 1 fully saturated rings. The first-order chi connectivity index (χ1) is 11.5. The van der Waals surface area contributed by atoms with Crippen LogP contribution in [0.5, 0.6) is 0 Å². The Morgan fingerprint density at radius 1 is 1.29 bits per heavy atom. The molecule has 8 heteroatoms. The molecule has 1 aromatic carbocycles. The molecule has 3 rings (SSSR count). The largest absolute Gasteiger partial charge is 0.335 e. The maximum Gasteiger partial charge on any atom is 0.321 e. The van der Waals surface area contributed by atoms with E-state index >= 15 is 0 Å². The fraction of sp³-hybridized carbons (Fsp3) is 0.250. The fourth-order valence-corrected chi connectivity index (χ4v) is 3.22. The van der Waals surface area contributed by atoms with E-state index in [1.54, 1.807) is 6.92 Å². The zero-order valence-corrected chi connectivity index (χ0v) is 13.7. The third-order valence-corrected chi connectivity index (χ3v) is 4.52. The number of carbonyl (C=O) groups excluding carboxylic acids is 3. The summed E-state index contributed by atoms with van der Waals surface area (Å²) in [4.78, 5) is 39.6. The van der Waals surface area contributed by atoms with Crippen LogP contribution in [0.3, 0.4) is 0 Å². The van der Waals surface area contributed by atoms with Crippen LogP contribution in [0.1, 0.15) is 13.3 Å². The quantitative estimate of drug-likeness (QED) is 0.789. The normalized spacial score (nSPS) is 20.2. The summed E-state index contributed by atoms with van der Waals surface area (Å²) in [7, 11) is 0. The van der Waals surface area contributed by atoms with Crippen LogP contribution < -0.4 is 16.0 Å². The minimum atomic E-state index is -0.601. The van der Waals surface area contributed by atoms with Crippen molar-refractivity contribution in [2.24, 2.45) is 5.92 Å². The molecule has 0 radical (unpaired) electrons. The van der Waals surface area contributed by atoms with Gasteiger partial charge in [0.05, 0.1) is 11.6 Å². The zero-order valence-electron chi connectivity index (χ0n) is 12.9. The van der Waals surface area contributed by atoms with Crippen molar-refractivity contribution in [2.75, 3.05) is 5.32 Å². The van der Waals surface area contributed by atoms with Crippen molar-refractivity contribution in [2.45, 2.75) is 19.4 Å². The Bertz CT molecular complexity index is 775. The molecule has 1 aromatic heterocycles. The second-order valence-corrected chi connectivity index (χ2v) is 6.37. The van der Waals surface area contributed by atoms with Crippen molar-refractivity contribution in [3.8, 4) is 11.3 Å². The van der Waals surface area contributed by atoms with Gasteiger partial charge in [0.15, 0.2) is 5.13 Å². The van der Waals surface area contributed by atoms with Crippen molar-refractivity contribution in [1.82, 2.24) is 15.6 Å². The van der Waals surface area contributed by atoms with Crippen molar-refractivity contribution < 1.29 is 14.4 Å². The molecular weight excluding hydrogens is 328 g/mol. The Morgan fingerprint density at radius 2 is 2.04 bits per heavy atom. The van der Waals surface area contributed by atoms with Crippen molar-refractivity contribution in [3.05, 3.63) is 35.7 Å². The van der Waals surface area contributed by atoms with Crippen LogP contribution in [0.15, 0.2) is 35.7 Å². The van der Waals surface area contributed by atoms with E-state index in [0.717, 1.165) is 11.3 Å². The number of aromatic nitrogens is 1. The molecule has 0 aliphatic carbocycles. The van der Waals surface area contributed by atoms with Crippen molar-refractivity contribution >= 4 is 34.3 Å². The highest BCUT2D eigenvalue weighted by molar-refractivity contribution is 7.14. The molecule has 7 nitrogen and oxygen atoms in total. The van der Waals surface area contributed by atoms with Gasteiger partial charge in [0.25, 0.3) is 0 Å². The molecule has 2 aromatic rings. The summed E-state index contributed by atoms with van der Waals surface area (Å²) in [5, 5.41) is 9.81. The van der Waals surface area contributed by atoms with Gasteiger partial charge < -0.3 is 10.6 Å². The molecule has 124 valence electrons. The smallest absolute Gasteiger partial charge is 0.321 e. The van der Waals surface area contributed by atoms with E-state index in [-0.39, 0.29) is 12.3 Å². The first-order valence-corrected chi connectivity index (χ1v) is 8.33. The van der Waals surface area contributed by atoms with Crippen LogP contribution in [0, 0.1) is 5.92 Å². The number of hydrogen-bond acceptors (Lipinski definition) is 5. The minimum Gasteiger partial charge on any atom is -0.335 e. The number of nitrogens with one attached hydrogen (secondary N) is 3. The Hall–Kier alpha value is -2.74. The Balaban J connectivity index is 1.62. The number of imide groups is 1. The van der Waals surface area contributed by atoms with Gasteiger partial charge in [-0.3, -0.25) is 14.9 Å². The number of benzene rings is 1. The van der Waals surface area contributed by atoms with Crippen LogP contribution in [0.25, 0.3) is 11.3 Å². The average molecular weight is 344 g/mol. The molecular formula is C16H16N4O3S. The predicted molar refractivity (Wildman–Crippen MR) is 90.4 cm³/mol. The monoisotopic (exact) mass is 344 g/mol. The summed E-state index contributed by atoms with van der Waals surface area (Å²) in [6.45, 7) is 1.70. The molecule has 0 spiro atoms. The molecule has 0 bridgehead atoms. The van der Waals surface area contributed by atoms with E-state index in [1.165, 1.54) is 11.3 Å². The fourth-order valence-electron chi connectivity index (χ4n) is 2.49. The van der Waals surface area contributed by atoms with Crippen LogP contribution in [-0.2, 0) is 9.59 Å². The van der Waals surface area contributed by atoms with Gasteiger partial charge in [-0.2, -0.15) is 0 Å². The standard InChI is InChI=1S/C16H16N4O3S/c1-9-11(14(22)20-15(23)17-9)7-13(21)19-16-18-12(8-24-16)10-5-3-2-4-6-10/h2-6,8-9,11H,7H2,1H3,(H,18,19,21)(H2,17,20,22,23). The molecule has 4 amide bonds. The Labute approximate surface area is 142 Å². The highest BCUT2D eigenvalue weighted by atomic mass is 32.1. The maximum atomic E-state index is 12.2. The summed E-state index contributed by atoms with van der Waals surface area (Å²) < 4.78 is 0. The van der Waals surface area contributed by atoms with E-state index < -0.39 is 23.9 Å². The first-order valence-electron chi connectivity index (χ1n) is 7.45. The van der Waals surface area contributed by atoms with Gasteiger partial charge in [0.2, 0.25) is 11.8 Å². The minimum absolute atomic E-state index is 0.0203. The van der Waals surface area contributed by atoms with Gasteiger partial charge in [-0.15, -0.1) is 11.3 Å². The zero-order chi connectivity index (χ0) is 17.1. The second-order valence-electron chi connectivity index (χ2n) is 5.51. The topological polar surface area (TPSA) is 100 Å². The summed E-state index contributed by atoms with van der Waals surface area (Å²) in [5.74, 6) is -1.35. The van der Waals surface area contributed by atoms with Crippen LogP contribution in [0.4, 0.5) is 9.93 Å². The van der Waals surface area contributed by atoms with E-state index in [0.29, 0.717) is 5.13 Å². The van der Waals surface area contributed by atoms with E-state index in [1.807, 2.05) is 35.7 Å². The Kier molecular flexibility index (Phi) is 4.57. The number of anilines is 1. The molecule has 0 saturated carbocycles. The molecule has 3 N–H and O–H groups in total. The number of thiazole rings is 1. The van der Waals surface area contributed by atoms with Crippen molar-refractivity contribution in [3.63, 3.8) is 0 Å². The number of urea groups is 1. The molecule has 24 heavy (non-hydrogen) atoms. The van der Waals surface area contributed by atoms with Gasteiger partial charge in [-0.05, 0) is 6.92 Å². The molecule has 2 atom stereocenters. The Morgan fingerprint density at radius 3 is 2.75 bits per heavy atom. The lowest BCUT2D eigenvalue weighted by atomic mass is 9.94. The van der Waals surface area contributed by atoms with Crippen molar-refractivity contribution in [1.29, 1.82) is 0 Å². The third kappa shape index (κ3) is 3.60. The van der Waals surface area contributed by atoms with Gasteiger partial charge in [-0.25, -0.2) is 9.78 Å². The van der Waals surface area contributed by atoms with E-state index in [9.17, 15) is 14.4 Å². The van der Waals surface area contributed by atoms with E-state index in [2.05, 4.69) is 20.9 Å². The summed E-state index contributed by atoms with van der Waals surface area (Å²) in [5.41, 5.74) is 1.75.